The van der Waals surface area contributed by atoms with E-state index in [2.05, 4.69) is 86.3 Å². The number of benzene rings is 3. The van der Waals surface area contributed by atoms with Crippen LogP contribution in [0.4, 0.5) is 0 Å². The summed E-state index contributed by atoms with van der Waals surface area (Å²) >= 11 is 0. The minimum absolute atomic E-state index is 0.799. The van der Waals surface area contributed by atoms with Gasteiger partial charge in [0.1, 0.15) is 5.75 Å². The first-order chi connectivity index (χ1) is 15.1. The van der Waals surface area contributed by atoms with Crippen molar-refractivity contribution in [3.05, 3.63) is 99.6 Å². The zero-order chi connectivity index (χ0) is 21.6. The molecule has 1 aliphatic rings. The lowest BCUT2D eigenvalue weighted by Gasteiger charge is -2.24. The maximum atomic E-state index is 6.19. The number of aryl methyl sites for hydroxylation is 3. The molecular weight excluding hydrogens is 378 g/mol. The minimum atomic E-state index is 0.799. The van der Waals surface area contributed by atoms with Crippen LogP contribution in [0.5, 0.6) is 5.75 Å². The Morgan fingerprint density at radius 1 is 0.806 bits per heavy atom. The molecule has 0 radical (unpaired) electrons. The van der Waals surface area contributed by atoms with Crippen LogP contribution in [0.25, 0.3) is 0 Å². The molecule has 0 saturated carbocycles. The van der Waals surface area contributed by atoms with Gasteiger partial charge in [0.15, 0.2) is 0 Å². The van der Waals surface area contributed by atoms with Crippen molar-refractivity contribution in [2.45, 2.75) is 59.5 Å². The molecule has 2 heteroatoms. The number of rotatable bonds is 2. The molecule has 4 rings (SSSR count). The molecule has 162 valence electrons. The van der Waals surface area contributed by atoms with Gasteiger partial charge in [0.2, 0.25) is 0 Å². The molecule has 0 saturated heterocycles. The third kappa shape index (κ3) is 5.98. The molecule has 0 fully saturated rings. The summed E-state index contributed by atoms with van der Waals surface area (Å²) in [4.78, 5) is 2.61. The molecule has 3 aromatic carbocycles. The summed E-state index contributed by atoms with van der Waals surface area (Å²) in [6.07, 6.45) is 4.43. The van der Waals surface area contributed by atoms with Crippen molar-refractivity contribution in [2.24, 2.45) is 0 Å². The molecular formula is C29H35NO. The highest BCUT2D eigenvalue weighted by atomic mass is 16.5. The average molecular weight is 414 g/mol. The molecule has 0 aromatic heterocycles. The summed E-state index contributed by atoms with van der Waals surface area (Å²) in [5.74, 6) is 1.05. The lowest BCUT2D eigenvalue weighted by molar-refractivity contribution is 0.243. The van der Waals surface area contributed by atoms with Gasteiger partial charge in [-0.05, 0) is 80.5 Å². The Morgan fingerprint density at radius 2 is 1.61 bits per heavy atom. The Hall–Kier alpha value is -2.58. The predicted octanol–water partition coefficient (Wildman–Crippen LogP) is 6.77. The maximum absolute atomic E-state index is 6.19. The van der Waals surface area contributed by atoms with Gasteiger partial charge in [-0.2, -0.15) is 0 Å². The molecule has 1 aliphatic heterocycles. The molecule has 3 aromatic rings. The molecule has 2 bridgehead atoms. The molecule has 1 heterocycles. The van der Waals surface area contributed by atoms with E-state index >= 15 is 0 Å². The van der Waals surface area contributed by atoms with Crippen LogP contribution in [0.1, 0.15) is 58.2 Å². The van der Waals surface area contributed by atoms with E-state index in [1.807, 2.05) is 0 Å². The molecule has 0 spiro atoms. The van der Waals surface area contributed by atoms with Crippen LogP contribution in [0.15, 0.2) is 60.7 Å². The number of hydrogen-bond acceptors (Lipinski definition) is 2. The molecule has 2 nitrogen and oxygen atoms in total. The molecule has 0 atom stereocenters. The Balaban J connectivity index is 1.59. The van der Waals surface area contributed by atoms with Gasteiger partial charge in [0.25, 0.3) is 0 Å². The Morgan fingerprint density at radius 3 is 2.48 bits per heavy atom. The van der Waals surface area contributed by atoms with Crippen LogP contribution < -0.4 is 4.74 Å². The first kappa shape index (κ1) is 21.6. The summed E-state index contributed by atoms with van der Waals surface area (Å²) in [6.45, 7) is 10.5. The average Bonchev–Trinajstić information content (AvgIpc) is 2.73. The first-order valence-corrected chi connectivity index (χ1v) is 11.7. The maximum Gasteiger partial charge on any atom is 0.122 e. The van der Waals surface area contributed by atoms with Crippen LogP contribution in [0.2, 0.25) is 0 Å². The minimum Gasteiger partial charge on any atom is -0.493 e. The van der Waals surface area contributed by atoms with Crippen LogP contribution >= 0.6 is 0 Å². The van der Waals surface area contributed by atoms with Gasteiger partial charge in [-0.15, -0.1) is 0 Å². The summed E-state index contributed by atoms with van der Waals surface area (Å²) in [7, 11) is 0. The fourth-order valence-corrected chi connectivity index (χ4v) is 4.58. The summed E-state index contributed by atoms with van der Waals surface area (Å²) in [6, 6.07) is 22.5. The second kappa shape index (κ2) is 10.2. The highest BCUT2D eigenvalue weighted by Gasteiger charge is 2.12. The van der Waals surface area contributed by atoms with E-state index in [0.29, 0.717) is 0 Å². The van der Waals surface area contributed by atoms with E-state index in [-0.39, 0.29) is 0 Å². The van der Waals surface area contributed by atoms with Gasteiger partial charge in [-0.25, -0.2) is 0 Å². The smallest absolute Gasteiger partial charge is 0.122 e. The van der Waals surface area contributed by atoms with Crippen molar-refractivity contribution in [2.75, 3.05) is 13.2 Å². The van der Waals surface area contributed by atoms with E-state index in [1.165, 1.54) is 51.8 Å². The first-order valence-electron chi connectivity index (χ1n) is 11.7. The van der Waals surface area contributed by atoms with E-state index < -0.39 is 0 Å². The second-order valence-electron chi connectivity index (χ2n) is 9.16. The standard InChI is InChI=1S/C29H35NO/c1-22-10-12-27(24(3)16-22)21-30-14-5-4-6-15-31-29-13-11-23(2)17-28(29)19-25-8-7-9-26(18-25)20-30/h7-13,16-18H,4-6,14-15,19-21H2,1-3H3. The van der Waals surface area contributed by atoms with E-state index in [9.17, 15) is 0 Å². The highest BCUT2D eigenvalue weighted by Crippen LogP contribution is 2.25. The number of fused-ring (bicyclic) bond motifs is 3. The van der Waals surface area contributed by atoms with Crippen molar-refractivity contribution >= 4 is 0 Å². The van der Waals surface area contributed by atoms with E-state index in [0.717, 1.165) is 44.8 Å². The Bertz CT molecular complexity index is 1020. The van der Waals surface area contributed by atoms with Crippen LogP contribution in [0.3, 0.4) is 0 Å². The highest BCUT2D eigenvalue weighted by molar-refractivity contribution is 5.41. The lowest BCUT2D eigenvalue weighted by atomic mass is 10.00. The third-order valence-electron chi connectivity index (χ3n) is 6.28. The SMILES string of the molecule is Cc1ccc(CN2CCCCCOc3ccc(C)cc3Cc3cccc(c3)C2)c(C)c1. The predicted molar refractivity (Wildman–Crippen MR) is 130 cm³/mol. The molecule has 0 amide bonds. The fraction of sp³-hybridized carbons (Fsp3) is 0.379. The van der Waals surface area contributed by atoms with E-state index in [4.69, 9.17) is 4.74 Å². The van der Waals surface area contributed by atoms with Crippen LogP contribution in [-0.4, -0.2) is 18.1 Å². The largest absolute Gasteiger partial charge is 0.493 e. The normalized spacial score (nSPS) is 15.6. The van der Waals surface area contributed by atoms with E-state index in [1.54, 1.807) is 0 Å². The monoisotopic (exact) mass is 413 g/mol. The zero-order valence-electron chi connectivity index (χ0n) is 19.3. The lowest BCUT2D eigenvalue weighted by Crippen LogP contribution is -2.24. The van der Waals surface area contributed by atoms with Gasteiger partial charge >= 0.3 is 0 Å². The van der Waals surface area contributed by atoms with Gasteiger partial charge in [0.05, 0.1) is 6.61 Å². The van der Waals surface area contributed by atoms with Crippen molar-refractivity contribution in [1.29, 1.82) is 0 Å². The summed E-state index contributed by atoms with van der Waals surface area (Å²) in [5, 5.41) is 0. The molecule has 0 aliphatic carbocycles. The van der Waals surface area contributed by atoms with Gasteiger partial charge < -0.3 is 4.74 Å². The van der Waals surface area contributed by atoms with Crippen molar-refractivity contribution in [3.8, 4) is 5.75 Å². The second-order valence-corrected chi connectivity index (χ2v) is 9.16. The van der Waals surface area contributed by atoms with Crippen LogP contribution in [0, 0.1) is 20.8 Å². The van der Waals surface area contributed by atoms with Gasteiger partial charge in [-0.3, -0.25) is 4.90 Å². The fourth-order valence-electron chi connectivity index (χ4n) is 4.58. The summed E-state index contributed by atoms with van der Waals surface area (Å²) in [5.41, 5.74) is 9.51. The molecule has 31 heavy (non-hydrogen) atoms. The van der Waals surface area contributed by atoms with Crippen molar-refractivity contribution < 1.29 is 4.74 Å². The van der Waals surface area contributed by atoms with Gasteiger partial charge in [0, 0.05) is 19.5 Å². The third-order valence-corrected chi connectivity index (χ3v) is 6.28. The summed E-state index contributed by atoms with van der Waals surface area (Å²) < 4.78 is 6.19. The quantitative estimate of drug-likeness (QED) is 0.460. The van der Waals surface area contributed by atoms with Crippen molar-refractivity contribution in [3.63, 3.8) is 0 Å². The number of hydrogen-bond donors (Lipinski definition) is 0. The Labute approximate surface area is 187 Å². The Kier molecular flexibility index (Phi) is 7.09. The molecule has 0 unspecified atom stereocenters. The zero-order valence-corrected chi connectivity index (χ0v) is 19.3. The van der Waals surface area contributed by atoms with Gasteiger partial charge in [-0.1, -0.05) is 65.7 Å². The number of ether oxygens (including phenoxy) is 1. The molecule has 0 N–H and O–H groups in total. The number of nitrogens with zero attached hydrogens (tertiary/aromatic N) is 1. The van der Waals surface area contributed by atoms with Crippen LogP contribution in [-0.2, 0) is 19.5 Å². The van der Waals surface area contributed by atoms with Crippen molar-refractivity contribution in [1.82, 2.24) is 4.90 Å². The topological polar surface area (TPSA) is 12.5 Å².